The molecule has 0 unspecified atom stereocenters. The molecule has 0 bridgehead atoms. The molecule has 0 aliphatic rings. The summed E-state index contributed by atoms with van der Waals surface area (Å²) in [6, 6.07) is 8.18. The Kier molecular flexibility index (Phi) is 5.42. The zero-order valence-corrected chi connectivity index (χ0v) is 17.0. The van der Waals surface area contributed by atoms with Gasteiger partial charge in [-0.2, -0.15) is 4.98 Å². The summed E-state index contributed by atoms with van der Waals surface area (Å²) in [4.78, 5) is 7.28. The SMILES string of the molecule is COCN(c1ccc(Br)c(OC)n1)S(=O)(=O)c1c[nH]c2cc(Cl)ccc12. The number of fused-ring (bicyclic) bond motifs is 1. The number of aromatic amines is 1. The lowest BCUT2D eigenvalue weighted by Gasteiger charge is -2.22. The fourth-order valence-corrected chi connectivity index (χ4v) is 4.52. The van der Waals surface area contributed by atoms with E-state index in [1.165, 1.54) is 20.4 Å². The van der Waals surface area contributed by atoms with Crippen LogP contribution < -0.4 is 9.04 Å². The second-order valence-electron chi connectivity index (χ2n) is 5.27. The number of benzene rings is 1. The van der Waals surface area contributed by atoms with Crippen LogP contribution in [-0.4, -0.2) is 39.3 Å². The van der Waals surface area contributed by atoms with Crippen molar-refractivity contribution >= 4 is 54.3 Å². The van der Waals surface area contributed by atoms with Crippen LogP contribution in [0.5, 0.6) is 5.88 Å². The number of H-pyrrole nitrogens is 1. The minimum atomic E-state index is -3.95. The second-order valence-corrected chi connectivity index (χ2v) is 8.40. The summed E-state index contributed by atoms with van der Waals surface area (Å²) < 4.78 is 38.5. The number of halogens is 2. The van der Waals surface area contributed by atoms with E-state index in [0.29, 0.717) is 20.4 Å². The van der Waals surface area contributed by atoms with Gasteiger partial charge in [0.15, 0.2) is 0 Å². The molecule has 2 heterocycles. The topological polar surface area (TPSA) is 84.5 Å². The number of aromatic nitrogens is 2. The van der Waals surface area contributed by atoms with Crippen LogP contribution in [0.25, 0.3) is 10.9 Å². The highest BCUT2D eigenvalue weighted by Crippen LogP contribution is 2.32. The van der Waals surface area contributed by atoms with Crippen LogP contribution in [0.15, 0.2) is 45.9 Å². The maximum atomic E-state index is 13.3. The Balaban J connectivity index is 2.14. The van der Waals surface area contributed by atoms with Crippen LogP contribution >= 0.6 is 27.5 Å². The van der Waals surface area contributed by atoms with Crippen molar-refractivity contribution in [2.75, 3.05) is 25.3 Å². The predicted octanol–water partition coefficient (Wildman–Crippen LogP) is 3.79. The Morgan fingerprint density at radius 1 is 1.27 bits per heavy atom. The predicted molar refractivity (Wildman–Crippen MR) is 103 cm³/mol. The molecule has 26 heavy (non-hydrogen) atoms. The molecule has 0 amide bonds. The van der Waals surface area contributed by atoms with E-state index in [-0.39, 0.29) is 23.3 Å². The summed E-state index contributed by atoms with van der Waals surface area (Å²) in [5.74, 6) is 0.444. The molecule has 0 saturated carbocycles. The van der Waals surface area contributed by atoms with Gasteiger partial charge in [-0.1, -0.05) is 11.6 Å². The Labute approximate surface area is 164 Å². The first-order chi connectivity index (χ1) is 12.4. The van der Waals surface area contributed by atoms with Crippen molar-refractivity contribution in [3.05, 3.63) is 46.0 Å². The third-order valence-electron chi connectivity index (χ3n) is 3.67. The molecule has 2 aromatic heterocycles. The summed E-state index contributed by atoms with van der Waals surface area (Å²) in [5, 5.41) is 1.04. The Bertz CT molecular complexity index is 1050. The molecule has 7 nitrogen and oxygen atoms in total. The van der Waals surface area contributed by atoms with Crippen LogP contribution in [0.2, 0.25) is 5.02 Å². The van der Waals surface area contributed by atoms with Crippen LogP contribution in [0.4, 0.5) is 5.82 Å². The first kappa shape index (κ1) is 19.0. The Hall–Kier alpha value is -1.81. The van der Waals surface area contributed by atoms with Gasteiger partial charge in [0, 0.05) is 29.2 Å². The minimum Gasteiger partial charge on any atom is -0.480 e. The molecule has 3 aromatic rings. The second kappa shape index (κ2) is 7.43. The summed E-state index contributed by atoms with van der Waals surface area (Å²) in [6.45, 7) is -0.208. The van der Waals surface area contributed by atoms with E-state index in [0.717, 1.165) is 4.31 Å². The van der Waals surface area contributed by atoms with E-state index in [4.69, 9.17) is 21.1 Å². The molecular formula is C16H15BrClN3O4S. The summed E-state index contributed by atoms with van der Waals surface area (Å²) in [6.07, 6.45) is 1.43. The normalized spacial score (nSPS) is 11.7. The lowest BCUT2D eigenvalue weighted by molar-refractivity contribution is 0.209. The summed E-state index contributed by atoms with van der Waals surface area (Å²) >= 11 is 9.27. The highest BCUT2D eigenvalue weighted by Gasteiger charge is 2.29. The number of hydrogen-bond donors (Lipinski definition) is 1. The molecule has 0 fully saturated rings. The first-order valence-corrected chi connectivity index (χ1v) is 9.98. The highest BCUT2D eigenvalue weighted by atomic mass is 79.9. The fraction of sp³-hybridized carbons (Fsp3) is 0.188. The number of ether oxygens (including phenoxy) is 2. The molecule has 0 spiro atoms. The first-order valence-electron chi connectivity index (χ1n) is 7.37. The van der Waals surface area contributed by atoms with Crippen molar-refractivity contribution in [1.29, 1.82) is 0 Å². The summed E-state index contributed by atoms with van der Waals surface area (Å²) in [5.41, 5.74) is 0.620. The van der Waals surface area contributed by atoms with Gasteiger partial charge < -0.3 is 14.5 Å². The number of nitrogens with zero attached hydrogens (tertiary/aromatic N) is 2. The van der Waals surface area contributed by atoms with Crippen LogP contribution in [0.3, 0.4) is 0 Å². The molecule has 10 heteroatoms. The number of rotatable bonds is 6. The van der Waals surface area contributed by atoms with Gasteiger partial charge in [0.1, 0.15) is 17.4 Å². The average Bonchev–Trinajstić information content (AvgIpc) is 3.04. The molecular weight excluding hydrogens is 446 g/mol. The van der Waals surface area contributed by atoms with E-state index in [1.807, 2.05) is 0 Å². The van der Waals surface area contributed by atoms with Crippen LogP contribution in [0, 0.1) is 0 Å². The zero-order valence-electron chi connectivity index (χ0n) is 13.9. The van der Waals surface area contributed by atoms with Crippen molar-refractivity contribution in [1.82, 2.24) is 9.97 Å². The van der Waals surface area contributed by atoms with Gasteiger partial charge in [0.2, 0.25) is 5.88 Å². The smallest absolute Gasteiger partial charge is 0.269 e. The van der Waals surface area contributed by atoms with Crippen molar-refractivity contribution in [3.8, 4) is 5.88 Å². The van der Waals surface area contributed by atoms with Gasteiger partial charge in [-0.05, 0) is 46.3 Å². The molecule has 1 aromatic carbocycles. The quantitative estimate of drug-likeness (QED) is 0.566. The third kappa shape index (κ3) is 3.39. The van der Waals surface area contributed by atoms with Crippen molar-refractivity contribution in [2.45, 2.75) is 4.90 Å². The zero-order chi connectivity index (χ0) is 18.9. The van der Waals surface area contributed by atoms with E-state index < -0.39 is 10.0 Å². The Morgan fingerprint density at radius 2 is 2.04 bits per heavy atom. The number of anilines is 1. The van der Waals surface area contributed by atoms with Gasteiger partial charge in [0.05, 0.1) is 11.6 Å². The van der Waals surface area contributed by atoms with Crippen LogP contribution in [-0.2, 0) is 14.8 Å². The van der Waals surface area contributed by atoms with E-state index in [2.05, 4.69) is 25.9 Å². The molecule has 0 radical (unpaired) electrons. The monoisotopic (exact) mass is 459 g/mol. The average molecular weight is 461 g/mol. The van der Waals surface area contributed by atoms with Crippen LogP contribution in [0.1, 0.15) is 0 Å². The van der Waals surface area contributed by atoms with Gasteiger partial charge in [-0.25, -0.2) is 12.7 Å². The number of pyridine rings is 1. The molecule has 0 saturated heterocycles. The van der Waals surface area contributed by atoms with Crippen molar-refractivity contribution in [3.63, 3.8) is 0 Å². The van der Waals surface area contributed by atoms with Crippen molar-refractivity contribution < 1.29 is 17.9 Å². The van der Waals surface area contributed by atoms with Gasteiger partial charge >= 0.3 is 0 Å². The third-order valence-corrected chi connectivity index (χ3v) is 6.27. The summed E-state index contributed by atoms with van der Waals surface area (Å²) in [7, 11) is -1.09. The van der Waals surface area contributed by atoms with Gasteiger partial charge in [-0.3, -0.25) is 0 Å². The van der Waals surface area contributed by atoms with E-state index in [1.54, 1.807) is 30.3 Å². The highest BCUT2D eigenvalue weighted by molar-refractivity contribution is 9.10. The number of hydrogen-bond acceptors (Lipinski definition) is 5. The number of methoxy groups -OCH3 is 2. The molecule has 0 aliphatic heterocycles. The molecule has 0 aliphatic carbocycles. The number of sulfonamides is 1. The van der Waals surface area contributed by atoms with Gasteiger partial charge in [-0.15, -0.1) is 0 Å². The maximum Gasteiger partial charge on any atom is 0.269 e. The fourth-order valence-electron chi connectivity index (χ4n) is 2.48. The number of nitrogens with one attached hydrogen (secondary N) is 1. The lowest BCUT2D eigenvalue weighted by atomic mass is 10.2. The van der Waals surface area contributed by atoms with E-state index in [9.17, 15) is 8.42 Å². The molecule has 0 atom stereocenters. The van der Waals surface area contributed by atoms with E-state index >= 15 is 0 Å². The Morgan fingerprint density at radius 3 is 2.73 bits per heavy atom. The molecule has 138 valence electrons. The lowest BCUT2D eigenvalue weighted by Crippen LogP contribution is -2.33. The van der Waals surface area contributed by atoms with Crippen molar-refractivity contribution in [2.24, 2.45) is 0 Å². The largest absolute Gasteiger partial charge is 0.480 e. The standard InChI is InChI=1S/C16H15BrClN3O4S/c1-24-9-21(15-6-5-12(17)16(20-15)25-2)26(22,23)14-8-19-13-7-10(18)3-4-11(13)14/h3-8,19H,9H2,1-2H3. The minimum absolute atomic E-state index is 0.102. The molecule has 3 rings (SSSR count). The maximum absolute atomic E-state index is 13.3. The molecule has 1 N–H and O–H groups in total. The van der Waals surface area contributed by atoms with Gasteiger partial charge in [0.25, 0.3) is 10.0 Å².